The van der Waals surface area contributed by atoms with Gasteiger partial charge in [-0.25, -0.2) is 8.78 Å². The van der Waals surface area contributed by atoms with E-state index in [-0.39, 0.29) is 5.75 Å². The number of benzene rings is 2. The Morgan fingerprint density at radius 3 is 2.19 bits per heavy atom. The van der Waals surface area contributed by atoms with Gasteiger partial charge in [0.25, 0.3) is 0 Å². The molecule has 1 aliphatic rings. The van der Waals surface area contributed by atoms with Crippen LogP contribution in [0.5, 0.6) is 11.5 Å². The summed E-state index contributed by atoms with van der Waals surface area (Å²) >= 11 is 0. The molecule has 110 valence electrons. The molecule has 0 atom stereocenters. The van der Waals surface area contributed by atoms with Gasteiger partial charge in [-0.05, 0) is 36.4 Å². The number of ether oxygens (including phenoxy) is 1. The van der Waals surface area contributed by atoms with Gasteiger partial charge in [0.2, 0.25) is 0 Å². The van der Waals surface area contributed by atoms with Crippen LogP contribution in [0.4, 0.5) is 14.5 Å². The van der Waals surface area contributed by atoms with Crippen molar-refractivity contribution in [3.05, 3.63) is 54.1 Å². The van der Waals surface area contributed by atoms with E-state index in [9.17, 15) is 8.78 Å². The second-order valence-electron chi connectivity index (χ2n) is 4.91. The van der Waals surface area contributed by atoms with Crippen molar-refractivity contribution in [2.45, 2.75) is 0 Å². The topological polar surface area (TPSA) is 24.5 Å². The molecule has 0 bridgehead atoms. The van der Waals surface area contributed by atoms with Gasteiger partial charge in [0.15, 0.2) is 11.6 Å². The van der Waals surface area contributed by atoms with Crippen molar-refractivity contribution in [2.75, 3.05) is 31.1 Å². The molecule has 0 amide bonds. The summed E-state index contributed by atoms with van der Waals surface area (Å²) in [6.07, 6.45) is 0. The van der Waals surface area contributed by atoms with Crippen molar-refractivity contribution in [1.29, 1.82) is 0 Å². The van der Waals surface area contributed by atoms with Gasteiger partial charge in [-0.1, -0.05) is 0 Å². The summed E-state index contributed by atoms with van der Waals surface area (Å²) in [5.74, 6) is -0.912. The quantitative estimate of drug-likeness (QED) is 0.939. The highest BCUT2D eigenvalue weighted by atomic mass is 19.2. The highest BCUT2D eigenvalue weighted by Crippen LogP contribution is 2.25. The summed E-state index contributed by atoms with van der Waals surface area (Å²) in [4.78, 5) is 2.29. The first-order chi connectivity index (χ1) is 10.2. The monoisotopic (exact) mass is 290 g/mol. The van der Waals surface area contributed by atoms with E-state index in [1.165, 1.54) is 6.07 Å². The summed E-state index contributed by atoms with van der Waals surface area (Å²) in [7, 11) is 0. The molecule has 0 radical (unpaired) electrons. The van der Waals surface area contributed by atoms with Crippen LogP contribution in [-0.2, 0) is 0 Å². The third-order valence-electron chi connectivity index (χ3n) is 3.45. The smallest absolute Gasteiger partial charge is 0.162 e. The van der Waals surface area contributed by atoms with Gasteiger partial charge in [0.1, 0.15) is 11.5 Å². The molecule has 5 heteroatoms. The lowest BCUT2D eigenvalue weighted by molar-refractivity contribution is 0.461. The highest BCUT2D eigenvalue weighted by Gasteiger charge is 2.10. The Morgan fingerprint density at radius 2 is 1.52 bits per heavy atom. The van der Waals surface area contributed by atoms with Crippen LogP contribution in [-0.4, -0.2) is 26.2 Å². The molecule has 1 fully saturated rings. The van der Waals surface area contributed by atoms with E-state index in [2.05, 4.69) is 10.2 Å². The first-order valence-electron chi connectivity index (χ1n) is 6.91. The lowest BCUT2D eigenvalue weighted by Gasteiger charge is -2.29. The molecule has 2 aromatic rings. The average Bonchev–Trinajstić information content (AvgIpc) is 2.53. The van der Waals surface area contributed by atoms with E-state index >= 15 is 0 Å². The molecule has 21 heavy (non-hydrogen) atoms. The van der Waals surface area contributed by atoms with Crippen LogP contribution >= 0.6 is 0 Å². The molecular weight excluding hydrogens is 274 g/mol. The third kappa shape index (κ3) is 3.31. The van der Waals surface area contributed by atoms with Crippen molar-refractivity contribution >= 4 is 5.69 Å². The maximum absolute atomic E-state index is 13.1. The minimum absolute atomic E-state index is 0.281. The molecule has 3 rings (SSSR count). The molecule has 1 aliphatic heterocycles. The SMILES string of the molecule is Fc1ccc(Oc2ccc(N3CCNCC3)cc2)cc1F. The molecule has 0 aromatic heterocycles. The number of halogens is 2. The maximum atomic E-state index is 13.1. The minimum Gasteiger partial charge on any atom is -0.457 e. The Hall–Kier alpha value is -2.14. The number of nitrogens with one attached hydrogen (secondary N) is 1. The maximum Gasteiger partial charge on any atom is 0.162 e. The highest BCUT2D eigenvalue weighted by molar-refractivity contribution is 5.50. The number of anilines is 1. The molecule has 0 saturated carbocycles. The van der Waals surface area contributed by atoms with Gasteiger partial charge in [0.05, 0.1) is 0 Å². The summed E-state index contributed by atoms with van der Waals surface area (Å²) in [5, 5.41) is 3.31. The van der Waals surface area contributed by atoms with Gasteiger partial charge < -0.3 is 15.0 Å². The van der Waals surface area contributed by atoms with Crippen molar-refractivity contribution in [1.82, 2.24) is 5.32 Å². The van der Waals surface area contributed by atoms with Gasteiger partial charge in [-0.3, -0.25) is 0 Å². The minimum atomic E-state index is -0.912. The zero-order valence-corrected chi connectivity index (χ0v) is 11.5. The van der Waals surface area contributed by atoms with Crippen molar-refractivity contribution in [2.24, 2.45) is 0 Å². The van der Waals surface area contributed by atoms with Crippen molar-refractivity contribution in [3.63, 3.8) is 0 Å². The zero-order valence-electron chi connectivity index (χ0n) is 11.5. The number of hydrogen-bond acceptors (Lipinski definition) is 3. The average molecular weight is 290 g/mol. The van der Waals surface area contributed by atoms with Crippen LogP contribution in [0.3, 0.4) is 0 Å². The first-order valence-corrected chi connectivity index (χ1v) is 6.91. The Bertz CT molecular complexity index is 610. The number of rotatable bonds is 3. The van der Waals surface area contributed by atoms with E-state index in [4.69, 9.17) is 4.74 Å². The molecule has 1 heterocycles. The van der Waals surface area contributed by atoms with Crippen molar-refractivity contribution in [3.8, 4) is 11.5 Å². The Morgan fingerprint density at radius 1 is 0.857 bits per heavy atom. The van der Waals surface area contributed by atoms with Crippen LogP contribution in [0.15, 0.2) is 42.5 Å². The summed E-state index contributed by atoms with van der Waals surface area (Å²) in [6, 6.07) is 11.1. The summed E-state index contributed by atoms with van der Waals surface area (Å²) < 4.78 is 31.5. The van der Waals surface area contributed by atoms with E-state index in [0.717, 1.165) is 44.0 Å². The van der Waals surface area contributed by atoms with Gasteiger partial charge in [-0.15, -0.1) is 0 Å². The lowest BCUT2D eigenvalue weighted by atomic mass is 10.2. The molecule has 0 unspecified atom stereocenters. The number of nitrogens with zero attached hydrogens (tertiary/aromatic N) is 1. The standard InChI is InChI=1S/C16H16F2N2O/c17-15-6-5-14(11-16(15)18)21-13-3-1-12(2-4-13)20-9-7-19-8-10-20/h1-6,11,19H,7-10H2. The second-order valence-corrected chi connectivity index (χ2v) is 4.91. The Kier molecular flexibility index (Phi) is 4.01. The molecule has 0 spiro atoms. The molecule has 1 saturated heterocycles. The fourth-order valence-corrected chi connectivity index (χ4v) is 2.32. The predicted octanol–water partition coefficient (Wildman–Crippen LogP) is 3.17. The van der Waals surface area contributed by atoms with Crippen LogP contribution < -0.4 is 15.0 Å². The van der Waals surface area contributed by atoms with Crippen molar-refractivity contribution < 1.29 is 13.5 Å². The second kappa shape index (κ2) is 6.10. The first kappa shape index (κ1) is 13.8. The normalized spacial score (nSPS) is 15.0. The number of hydrogen-bond donors (Lipinski definition) is 1. The lowest BCUT2D eigenvalue weighted by Crippen LogP contribution is -2.43. The van der Waals surface area contributed by atoms with Gasteiger partial charge in [0, 0.05) is 37.9 Å². The van der Waals surface area contributed by atoms with E-state index < -0.39 is 11.6 Å². The van der Waals surface area contributed by atoms with Crippen LogP contribution in [0.25, 0.3) is 0 Å². The van der Waals surface area contributed by atoms with Gasteiger partial charge >= 0.3 is 0 Å². The number of piperazine rings is 1. The molecular formula is C16H16F2N2O. The van der Waals surface area contributed by atoms with Crippen LogP contribution in [0.2, 0.25) is 0 Å². The molecule has 0 aliphatic carbocycles. The fraction of sp³-hybridized carbons (Fsp3) is 0.250. The summed E-state index contributed by atoms with van der Waals surface area (Å²) in [5.41, 5.74) is 1.13. The fourth-order valence-electron chi connectivity index (χ4n) is 2.32. The third-order valence-corrected chi connectivity index (χ3v) is 3.45. The largest absolute Gasteiger partial charge is 0.457 e. The predicted molar refractivity (Wildman–Crippen MR) is 78.0 cm³/mol. The van der Waals surface area contributed by atoms with Crippen LogP contribution in [0, 0.1) is 11.6 Å². The van der Waals surface area contributed by atoms with Gasteiger partial charge in [-0.2, -0.15) is 0 Å². The summed E-state index contributed by atoms with van der Waals surface area (Å²) in [6.45, 7) is 3.91. The molecule has 2 aromatic carbocycles. The van der Waals surface area contributed by atoms with Crippen LogP contribution in [0.1, 0.15) is 0 Å². The molecule has 3 nitrogen and oxygen atoms in total. The Labute approximate surface area is 122 Å². The van der Waals surface area contributed by atoms with E-state index in [0.29, 0.717) is 5.75 Å². The zero-order chi connectivity index (χ0) is 14.7. The van der Waals surface area contributed by atoms with E-state index in [1.54, 1.807) is 0 Å². The molecule has 1 N–H and O–H groups in total. The van der Waals surface area contributed by atoms with E-state index in [1.807, 2.05) is 24.3 Å². The Balaban J connectivity index is 1.70.